The maximum atomic E-state index is 13.5. The highest BCUT2D eigenvalue weighted by atomic mass is 16.5. The highest BCUT2D eigenvalue weighted by molar-refractivity contribution is 5.87. The Balaban J connectivity index is 2.21. The number of carbonyl (C=O) groups excluding carboxylic acids is 2. The van der Waals surface area contributed by atoms with E-state index in [4.69, 9.17) is 9.47 Å². The molecule has 0 saturated carbocycles. The maximum Gasteiger partial charge on any atom is 0.242 e. The molecule has 34 heavy (non-hydrogen) atoms. The molecule has 0 aliphatic carbocycles. The number of nitrogens with one attached hydrogen (secondary N) is 1. The van der Waals surface area contributed by atoms with Crippen LogP contribution in [0.25, 0.3) is 0 Å². The third-order valence-electron chi connectivity index (χ3n) is 5.61. The fourth-order valence-electron chi connectivity index (χ4n) is 3.94. The molecule has 0 aliphatic heterocycles. The minimum absolute atomic E-state index is 0.0353. The van der Waals surface area contributed by atoms with E-state index in [0.29, 0.717) is 57.1 Å². The Labute approximate surface area is 204 Å². The van der Waals surface area contributed by atoms with Gasteiger partial charge in [-0.05, 0) is 63.3 Å². The van der Waals surface area contributed by atoms with Gasteiger partial charge in [0, 0.05) is 19.5 Å². The van der Waals surface area contributed by atoms with E-state index in [-0.39, 0.29) is 11.8 Å². The first-order valence-electron chi connectivity index (χ1n) is 12.4. The first kappa shape index (κ1) is 27.2. The second-order valence-electron chi connectivity index (χ2n) is 8.37. The molecule has 6 nitrogen and oxygen atoms in total. The number of hydrogen-bond acceptors (Lipinski definition) is 4. The molecule has 2 aromatic carbocycles. The van der Waals surface area contributed by atoms with Gasteiger partial charge < -0.3 is 19.7 Å². The minimum Gasteiger partial charge on any atom is -0.490 e. The van der Waals surface area contributed by atoms with Gasteiger partial charge in [-0.15, -0.1) is 0 Å². The Bertz CT molecular complexity index is 928. The van der Waals surface area contributed by atoms with E-state index in [2.05, 4.69) is 11.4 Å². The number of amides is 2. The van der Waals surface area contributed by atoms with Gasteiger partial charge in [-0.25, -0.2) is 0 Å². The van der Waals surface area contributed by atoms with Gasteiger partial charge in [0.15, 0.2) is 11.5 Å². The summed E-state index contributed by atoms with van der Waals surface area (Å²) in [6.45, 7) is 12.0. The molecule has 6 heteroatoms. The lowest BCUT2D eigenvalue weighted by Crippen LogP contribution is -2.49. The molecule has 0 unspecified atom stereocenters. The molecular weight excluding hydrogens is 428 g/mol. The van der Waals surface area contributed by atoms with Crippen LogP contribution in [0.3, 0.4) is 0 Å². The average molecular weight is 469 g/mol. The van der Waals surface area contributed by atoms with Gasteiger partial charge in [0.05, 0.1) is 13.2 Å². The van der Waals surface area contributed by atoms with Crippen LogP contribution >= 0.6 is 0 Å². The summed E-state index contributed by atoms with van der Waals surface area (Å²) >= 11 is 0. The fraction of sp³-hybridized carbons (Fsp3) is 0.500. The van der Waals surface area contributed by atoms with Crippen LogP contribution in [0.2, 0.25) is 0 Å². The van der Waals surface area contributed by atoms with Crippen molar-refractivity contribution < 1.29 is 19.1 Å². The molecule has 0 aliphatic rings. The van der Waals surface area contributed by atoms with Crippen LogP contribution in [-0.2, 0) is 22.6 Å². The molecule has 186 valence electrons. The van der Waals surface area contributed by atoms with E-state index in [1.165, 1.54) is 0 Å². The number of ether oxygens (including phenoxy) is 2. The highest BCUT2D eigenvalue weighted by Gasteiger charge is 2.28. The summed E-state index contributed by atoms with van der Waals surface area (Å²) in [5, 5.41) is 2.97. The van der Waals surface area contributed by atoms with Crippen molar-refractivity contribution in [3.63, 3.8) is 0 Å². The second-order valence-corrected chi connectivity index (χ2v) is 8.37. The van der Waals surface area contributed by atoms with Crippen LogP contribution in [-0.4, -0.2) is 42.5 Å². The van der Waals surface area contributed by atoms with Crippen molar-refractivity contribution >= 4 is 11.8 Å². The Morgan fingerprint density at radius 2 is 1.68 bits per heavy atom. The average Bonchev–Trinajstić information content (AvgIpc) is 2.82. The van der Waals surface area contributed by atoms with Crippen LogP contribution in [0.1, 0.15) is 63.6 Å². The zero-order valence-electron chi connectivity index (χ0n) is 21.4. The third kappa shape index (κ3) is 8.08. The van der Waals surface area contributed by atoms with E-state index in [9.17, 15) is 9.59 Å². The number of carbonyl (C=O) groups is 2. The van der Waals surface area contributed by atoms with E-state index in [0.717, 1.165) is 23.1 Å². The summed E-state index contributed by atoms with van der Waals surface area (Å²) in [6.07, 6.45) is 2.28. The monoisotopic (exact) mass is 468 g/mol. The Morgan fingerprint density at radius 1 is 0.941 bits per heavy atom. The minimum atomic E-state index is -0.501. The van der Waals surface area contributed by atoms with Crippen molar-refractivity contribution in [1.82, 2.24) is 10.2 Å². The summed E-state index contributed by atoms with van der Waals surface area (Å²) in [4.78, 5) is 28.1. The number of benzene rings is 2. The number of nitrogens with zero attached hydrogens (tertiary/aromatic N) is 1. The first-order chi connectivity index (χ1) is 16.4. The van der Waals surface area contributed by atoms with Crippen LogP contribution < -0.4 is 14.8 Å². The lowest BCUT2D eigenvalue weighted by atomic mass is 10.0. The molecule has 0 saturated heterocycles. The van der Waals surface area contributed by atoms with Gasteiger partial charge in [-0.2, -0.15) is 0 Å². The van der Waals surface area contributed by atoms with Crippen molar-refractivity contribution in [1.29, 1.82) is 0 Å². The van der Waals surface area contributed by atoms with Gasteiger partial charge in [0.2, 0.25) is 11.8 Å². The van der Waals surface area contributed by atoms with E-state index in [1.54, 1.807) is 4.90 Å². The summed E-state index contributed by atoms with van der Waals surface area (Å²) in [7, 11) is 0. The number of hydrogen-bond donors (Lipinski definition) is 1. The van der Waals surface area contributed by atoms with Gasteiger partial charge in [0.1, 0.15) is 6.04 Å². The molecule has 2 rings (SSSR count). The molecular formula is C28H40N2O4. The fourth-order valence-corrected chi connectivity index (χ4v) is 3.94. The van der Waals surface area contributed by atoms with Crippen LogP contribution in [0.15, 0.2) is 42.5 Å². The predicted octanol–water partition coefficient (Wildman–Crippen LogP) is 5.06. The molecule has 0 radical (unpaired) electrons. The molecule has 0 heterocycles. The Morgan fingerprint density at radius 3 is 2.32 bits per heavy atom. The molecule has 0 spiro atoms. The van der Waals surface area contributed by atoms with Crippen molar-refractivity contribution in [3.8, 4) is 11.5 Å². The summed E-state index contributed by atoms with van der Waals surface area (Å²) in [5.41, 5.74) is 3.15. The SMILES string of the molecule is CCCNC(=O)[C@H](CC)N(Cc1cccc(C)c1)C(=O)CCc1ccc(OCC)c(OCC)c1. The molecule has 0 bridgehead atoms. The quantitative estimate of drug-likeness (QED) is 0.421. The summed E-state index contributed by atoms with van der Waals surface area (Å²) < 4.78 is 11.4. The van der Waals surface area contributed by atoms with Crippen LogP contribution in [0, 0.1) is 6.92 Å². The first-order valence-corrected chi connectivity index (χ1v) is 12.4. The van der Waals surface area contributed by atoms with E-state index < -0.39 is 6.04 Å². The zero-order valence-corrected chi connectivity index (χ0v) is 21.4. The van der Waals surface area contributed by atoms with Crippen molar-refractivity contribution in [2.75, 3.05) is 19.8 Å². The lowest BCUT2D eigenvalue weighted by Gasteiger charge is -2.31. The summed E-state index contributed by atoms with van der Waals surface area (Å²) in [5.74, 6) is 1.27. The van der Waals surface area contributed by atoms with E-state index >= 15 is 0 Å². The lowest BCUT2D eigenvalue weighted by molar-refractivity contribution is -0.141. The number of rotatable bonds is 14. The molecule has 2 amide bonds. The van der Waals surface area contributed by atoms with Crippen molar-refractivity contribution in [3.05, 3.63) is 59.2 Å². The Hall–Kier alpha value is -3.02. The zero-order chi connectivity index (χ0) is 24.9. The summed E-state index contributed by atoms with van der Waals surface area (Å²) in [6, 6.07) is 13.4. The van der Waals surface area contributed by atoms with Gasteiger partial charge in [-0.3, -0.25) is 9.59 Å². The largest absolute Gasteiger partial charge is 0.490 e. The number of aryl methyl sites for hydroxylation is 2. The smallest absolute Gasteiger partial charge is 0.242 e. The van der Waals surface area contributed by atoms with Crippen LogP contribution in [0.5, 0.6) is 11.5 Å². The topological polar surface area (TPSA) is 67.9 Å². The van der Waals surface area contributed by atoms with Crippen molar-refractivity contribution in [2.45, 2.75) is 72.9 Å². The van der Waals surface area contributed by atoms with E-state index in [1.807, 2.05) is 71.0 Å². The standard InChI is InChI=1S/C28H40N2O4/c1-6-17-29-28(32)24(7-2)30(20-23-12-10-11-21(5)18-23)27(31)16-14-22-13-15-25(33-8-3)26(19-22)34-9-4/h10-13,15,18-19,24H,6-9,14,16-17,20H2,1-5H3,(H,29,32)/t24-/m0/s1. The maximum absolute atomic E-state index is 13.5. The highest BCUT2D eigenvalue weighted by Crippen LogP contribution is 2.29. The molecule has 0 fully saturated rings. The Kier molecular flexibility index (Phi) is 11.4. The van der Waals surface area contributed by atoms with Gasteiger partial charge in [-0.1, -0.05) is 49.7 Å². The second kappa shape index (κ2) is 14.3. The molecule has 1 atom stereocenters. The van der Waals surface area contributed by atoms with Crippen LogP contribution in [0.4, 0.5) is 0 Å². The third-order valence-corrected chi connectivity index (χ3v) is 5.61. The van der Waals surface area contributed by atoms with Crippen molar-refractivity contribution in [2.24, 2.45) is 0 Å². The normalized spacial score (nSPS) is 11.6. The van der Waals surface area contributed by atoms with Gasteiger partial charge in [0.25, 0.3) is 0 Å². The van der Waals surface area contributed by atoms with Gasteiger partial charge >= 0.3 is 0 Å². The molecule has 0 aromatic heterocycles. The predicted molar refractivity (Wildman–Crippen MR) is 136 cm³/mol. The molecule has 2 aromatic rings. The molecule has 1 N–H and O–H groups in total.